The van der Waals surface area contributed by atoms with Gasteiger partial charge in [-0.2, -0.15) is 13.2 Å². The van der Waals surface area contributed by atoms with Gasteiger partial charge in [0.2, 0.25) is 11.8 Å². The molecule has 4 amide bonds. The second kappa shape index (κ2) is 28.6. The van der Waals surface area contributed by atoms with Crippen molar-refractivity contribution in [2.24, 2.45) is 11.5 Å². The van der Waals surface area contributed by atoms with Crippen LogP contribution in [0.5, 0.6) is 11.5 Å². The molecule has 0 unspecified atom stereocenters. The highest BCUT2D eigenvalue weighted by atomic mass is 35.5. The number of amides is 4. The lowest BCUT2D eigenvalue weighted by Gasteiger charge is -2.48. The Balaban J connectivity index is 0.000000224. The van der Waals surface area contributed by atoms with Gasteiger partial charge in [0.1, 0.15) is 27.4 Å². The van der Waals surface area contributed by atoms with Crippen molar-refractivity contribution in [2.75, 3.05) is 72.2 Å². The molecule has 0 aliphatic carbocycles. The van der Waals surface area contributed by atoms with Crippen molar-refractivity contribution >= 4 is 116 Å². The molecule has 9 rings (SSSR count). The molecule has 2 aromatic heterocycles. The molecule has 0 spiro atoms. The lowest BCUT2D eigenvalue weighted by molar-refractivity contribution is -0.140. The van der Waals surface area contributed by atoms with Crippen LogP contribution in [0.25, 0.3) is 43.1 Å². The van der Waals surface area contributed by atoms with Crippen LogP contribution >= 0.6 is 92.3 Å². The lowest BCUT2D eigenvalue weighted by Crippen LogP contribution is -2.64. The predicted octanol–water partition coefficient (Wildman–Crippen LogP) is 13.4. The number of piperidine rings is 3. The molecule has 3 saturated heterocycles. The third-order valence-corrected chi connectivity index (χ3v) is 19.3. The van der Waals surface area contributed by atoms with Crippen LogP contribution in [-0.4, -0.2) is 144 Å². The minimum Gasteiger partial charge on any atom is -0.491 e. The van der Waals surface area contributed by atoms with Gasteiger partial charge >= 0.3 is 6.18 Å². The topological polar surface area (TPSA) is 201 Å². The van der Waals surface area contributed by atoms with Gasteiger partial charge in [-0.05, 0) is 85.3 Å². The fraction of sp³-hybridized carbons (Fsp3) is 0.390. The molecule has 27 heteroatoms. The SMILES string of the molecule is NC(=O)C1(N2CCC(F)(F)CC2)CCN(C(=O)c2sc(-c3ccc(Cl)cc3Cl)c(-c3ccc(Cl)cc3)c2OCCCO)CC1.NC(=O)C1(NCCC(F)(F)F)CCN(C(=O)c2sc(-c3ccc(Cl)cc3Cl)c(-c3ccc(Cl)cc3)c2OCCO)CC1. The lowest BCUT2D eigenvalue weighted by atomic mass is 9.83. The predicted molar refractivity (Wildman–Crippen MR) is 329 cm³/mol. The van der Waals surface area contributed by atoms with E-state index in [1.54, 1.807) is 82.6 Å². The fourth-order valence-electron chi connectivity index (χ4n) is 10.7. The van der Waals surface area contributed by atoms with Crippen molar-refractivity contribution in [3.63, 3.8) is 0 Å². The molecule has 3 aliphatic rings. The number of hydrogen-bond donors (Lipinski definition) is 5. The second-order valence-corrected chi connectivity index (χ2v) is 25.4. The van der Waals surface area contributed by atoms with Crippen LogP contribution in [0, 0.1) is 0 Å². The number of thiophene rings is 2. The van der Waals surface area contributed by atoms with Crippen molar-refractivity contribution in [3.05, 3.63) is 125 Å². The highest BCUT2D eigenvalue weighted by molar-refractivity contribution is 7.19. The Hall–Kier alpha value is -5.01. The second-order valence-electron chi connectivity index (χ2n) is 20.8. The molecule has 0 bridgehead atoms. The van der Waals surface area contributed by atoms with E-state index in [4.69, 9.17) is 90.5 Å². The van der Waals surface area contributed by atoms with Crippen molar-refractivity contribution in [3.8, 4) is 54.6 Å². The summed E-state index contributed by atoms with van der Waals surface area (Å²) < 4.78 is 78.0. The maximum absolute atomic E-state index is 14.2. The van der Waals surface area contributed by atoms with Crippen molar-refractivity contribution in [2.45, 2.75) is 74.5 Å². The van der Waals surface area contributed by atoms with Crippen LogP contribution in [0.2, 0.25) is 30.1 Å². The fourth-order valence-corrected chi connectivity index (χ4v) is 14.6. The summed E-state index contributed by atoms with van der Waals surface area (Å²) in [5.41, 5.74) is 12.9. The number of alkyl halides is 5. The molecule has 86 heavy (non-hydrogen) atoms. The Labute approximate surface area is 530 Å². The zero-order chi connectivity index (χ0) is 62.3. The Morgan fingerprint density at radius 2 is 1.01 bits per heavy atom. The molecule has 7 N–H and O–H groups in total. The van der Waals surface area contributed by atoms with Crippen LogP contribution in [0.1, 0.15) is 70.7 Å². The van der Waals surface area contributed by atoms with Gasteiger partial charge in [-0.3, -0.25) is 24.1 Å². The average molecular weight is 1350 g/mol. The summed E-state index contributed by atoms with van der Waals surface area (Å²) in [6.45, 7) is -0.159. The molecule has 6 aromatic rings. The van der Waals surface area contributed by atoms with Crippen molar-refractivity contribution in [1.82, 2.24) is 20.0 Å². The van der Waals surface area contributed by atoms with E-state index in [0.29, 0.717) is 84.8 Å². The smallest absolute Gasteiger partial charge is 0.390 e. The molecule has 0 radical (unpaired) electrons. The number of nitrogens with two attached hydrogens (primary N) is 2. The summed E-state index contributed by atoms with van der Waals surface area (Å²) in [6, 6.07) is 24.2. The van der Waals surface area contributed by atoms with Crippen LogP contribution in [0.3, 0.4) is 0 Å². The highest BCUT2D eigenvalue weighted by Crippen LogP contribution is 2.53. The van der Waals surface area contributed by atoms with Gasteiger partial charge in [0.15, 0.2) is 11.5 Å². The number of carbonyl (C=O) groups is 4. The number of rotatable bonds is 19. The van der Waals surface area contributed by atoms with E-state index in [1.807, 2.05) is 12.1 Å². The van der Waals surface area contributed by atoms with Gasteiger partial charge in [0.25, 0.3) is 17.7 Å². The number of nitrogens with zero attached hydrogens (tertiary/aromatic N) is 3. The van der Waals surface area contributed by atoms with E-state index in [9.17, 15) is 51.3 Å². The standard InChI is InChI=1S/C31H32Cl3F2N3O4S.C28H27Cl3F3N3O4S/c32-20-4-2-19(3-5-20)24-25(43-17-1-16-40)27(44-26(24)22-7-6-21(33)18-23(22)34)28(41)38-12-8-30(9-13-38,29(37)42)39-14-10-31(35,36)11-15-39;29-17-3-1-16(2-4-17)21-22(41-14-13-38)24(42-23(21)19-6-5-18(30)15-20(19)31)25(39)37-11-8-27(9-12-37,26(35)40)36-10-7-28(32,33)34/h2-7,18,40H,1,8-17H2,(H2,37,42);1-6,15,36,38H,7-14H2,(H2,35,40). The minimum atomic E-state index is -4.39. The Bertz CT molecular complexity index is 3410. The zero-order valence-electron chi connectivity index (χ0n) is 45.8. The van der Waals surface area contributed by atoms with E-state index < -0.39 is 53.9 Å². The summed E-state index contributed by atoms with van der Waals surface area (Å²) in [6.07, 6.45) is -5.31. The van der Waals surface area contributed by atoms with Crippen LogP contribution in [0.4, 0.5) is 22.0 Å². The Morgan fingerprint density at radius 1 is 0.581 bits per heavy atom. The van der Waals surface area contributed by atoms with Crippen LogP contribution in [0.15, 0.2) is 84.9 Å². The zero-order valence-corrected chi connectivity index (χ0v) is 52.0. The Morgan fingerprint density at radius 3 is 1.41 bits per heavy atom. The third-order valence-electron chi connectivity index (χ3n) is 15.3. The van der Waals surface area contributed by atoms with E-state index in [0.717, 1.165) is 16.9 Å². The molecule has 462 valence electrons. The first-order chi connectivity index (χ1) is 40.8. The number of benzene rings is 4. The number of ether oxygens (including phenoxy) is 2. The number of aliphatic hydroxyl groups is 2. The van der Waals surface area contributed by atoms with Gasteiger partial charge in [-0.25, -0.2) is 8.78 Å². The third kappa shape index (κ3) is 15.5. The number of likely N-dealkylation sites (tertiary alicyclic amines) is 3. The summed E-state index contributed by atoms with van der Waals surface area (Å²) in [7, 11) is 0. The van der Waals surface area contributed by atoms with Crippen molar-refractivity contribution < 1.29 is 60.8 Å². The maximum atomic E-state index is 14.2. The van der Waals surface area contributed by atoms with Gasteiger partial charge in [0.05, 0.1) is 29.7 Å². The first-order valence-corrected chi connectivity index (χ1v) is 31.1. The van der Waals surface area contributed by atoms with Gasteiger partial charge in [0, 0.05) is 124 Å². The molecule has 0 atom stereocenters. The summed E-state index contributed by atoms with van der Waals surface area (Å²) in [5, 5.41) is 24.3. The quantitative estimate of drug-likeness (QED) is 0.0384. The molecular formula is C59H59Cl6F5N6O8S2. The normalized spacial score (nSPS) is 16.7. The molecule has 14 nitrogen and oxygen atoms in total. The maximum Gasteiger partial charge on any atom is 0.390 e. The molecule has 5 heterocycles. The number of hydrogen-bond acceptors (Lipinski definition) is 12. The molecule has 3 aliphatic heterocycles. The summed E-state index contributed by atoms with van der Waals surface area (Å²) >= 11 is 40.2. The van der Waals surface area contributed by atoms with E-state index >= 15 is 0 Å². The number of halogens is 11. The van der Waals surface area contributed by atoms with Crippen LogP contribution < -0.4 is 26.3 Å². The first kappa shape index (κ1) is 66.9. The summed E-state index contributed by atoms with van der Waals surface area (Å²) in [4.78, 5) is 60.0. The van der Waals surface area contributed by atoms with E-state index in [-0.39, 0.29) is 121 Å². The molecule has 3 fully saturated rings. The number of carbonyl (C=O) groups excluding carboxylic acids is 4. The molecule has 0 saturated carbocycles. The van der Waals surface area contributed by atoms with E-state index in [2.05, 4.69) is 5.32 Å². The van der Waals surface area contributed by atoms with Crippen molar-refractivity contribution in [1.29, 1.82) is 0 Å². The Kier molecular flexibility index (Phi) is 22.3. The monoisotopic (exact) mass is 1350 g/mol. The number of nitrogens with one attached hydrogen (secondary N) is 1. The average Bonchev–Trinajstić information content (AvgIpc) is 1.61. The van der Waals surface area contributed by atoms with Gasteiger partial charge in [-0.15, -0.1) is 22.7 Å². The molecular weight excluding hydrogens is 1290 g/mol. The first-order valence-electron chi connectivity index (χ1n) is 27.2. The van der Waals surface area contributed by atoms with Gasteiger partial charge in [-0.1, -0.05) is 106 Å². The highest BCUT2D eigenvalue weighted by Gasteiger charge is 2.50. The van der Waals surface area contributed by atoms with Crippen LogP contribution in [-0.2, 0) is 9.59 Å². The summed E-state index contributed by atoms with van der Waals surface area (Å²) in [5.74, 6) is -4.23. The largest absolute Gasteiger partial charge is 0.491 e. The molecule has 4 aromatic carbocycles. The number of aliphatic hydroxyl groups excluding tert-OH is 2. The number of primary amides is 2. The van der Waals surface area contributed by atoms with Gasteiger partial charge < -0.3 is 46.3 Å². The van der Waals surface area contributed by atoms with E-state index in [1.165, 1.54) is 16.2 Å². The minimum absolute atomic E-state index is 0.0318.